The maximum absolute atomic E-state index is 12.6. The molecule has 2 heterocycles. The molecule has 21 heavy (non-hydrogen) atoms. The fourth-order valence-electron chi connectivity index (χ4n) is 3.55. The lowest BCUT2D eigenvalue weighted by molar-refractivity contribution is -0.132. The number of benzene rings is 1. The molecular formula is C17H25N3O. The minimum absolute atomic E-state index is 0.0757. The summed E-state index contributed by atoms with van der Waals surface area (Å²) in [7, 11) is 0. The Hall–Kier alpha value is -1.39. The fraction of sp³-hybridized carbons (Fsp3) is 0.588. The highest BCUT2D eigenvalue weighted by molar-refractivity contribution is 5.83. The molecule has 0 bridgehead atoms. The summed E-state index contributed by atoms with van der Waals surface area (Å²) in [6, 6.07) is 7.44. The number of hydrogen-bond donors (Lipinski definition) is 2. The lowest BCUT2D eigenvalue weighted by Crippen LogP contribution is -2.39. The largest absolute Gasteiger partial charge is 0.341 e. The summed E-state index contributed by atoms with van der Waals surface area (Å²) in [5.41, 5.74) is 8.28. The molecule has 1 unspecified atom stereocenters. The predicted molar refractivity (Wildman–Crippen MR) is 83.8 cm³/mol. The zero-order valence-corrected chi connectivity index (χ0v) is 12.7. The molecule has 0 aliphatic carbocycles. The third-order valence-corrected chi connectivity index (χ3v) is 5.03. The number of amides is 1. The predicted octanol–water partition coefficient (Wildman–Crippen LogP) is 1.45. The molecule has 4 nitrogen and oxygen atoms in total. The van der Waals surface area contributed by atoms with E-state index in [1.165, 1.54) is 5.56 Å². The van der Waals surface area contributed by atoms with Gasteiger partial charge in [-0.3, -0.25) is 4.79 Å². The number of carbonyl (C=O) groups excluding carboxylic acids is 1. The molecule has 0 aromatic heterocycles. The van der Waals surface area contributed by atoms with E-state index in [-0.39, 0.29) is 5.91 Å². The number of aryl methyl sites for hydroxylation is 1. The van der Waals surface area contributed by atoms with Crippen molar-refractivity contribution >= 4 is 5.91 Å². The first-order valence-corrected chi connectivity index (χ1v) is 7.97. The van der Waals surface area contributed by atoms with Crippen LogP contribution in [0.1, 0.15) is 30.0 Å². The number of carbonyl (C=O) groups is 1. The van der Waals surface area contributed by atoms with Crippen molar-refractivity contribution < 1.29 is 4.79 Å². The molecular weight excluding hydrogens is 262 g/mol. The van der Waals surface area contributed by atoms with Crippen LogP contribution < -0.4 is 11.1 Å². The highest BCUT2D eigenvalue weighted by Gasteiger charge is 2.32. The minimum Gasteiger partial charge on any atom is -0.341 e. The Labute approximate surface area is 126 Å². The minimum atomic E-state index is -0.526. The number of nitrogens with one attached hydrogen (secondary N) is 1. The number of rotatable bonds is 2. The first-order chi connectivity index (χ1) is 10.1. The summed E-state index contributed by atoms with van der Waals surface area (Å²) in [5, 5.41) is 3.46. The van der Waals surface area contributed by atoms with Crippen LogP contribution in [0.25, 0.3) is 0 Å². The summed E-state index contributed by atoms with van der Waals surface area (Å²) in [4.78, 5) is 14.6. The van der Waals surface area contributed by atoms with Gasteiger partial charge in [0, 0.05) is 13.1 Å². The molecule has 1 aromatic carbocycles. The van der Waals surface area contributed by atoms with E-state index in [0.717, 1.165) is 56.4 Å². The quantitative estimate of drug-likeness (QED) is 0.865. The van der Waals surface area contributed by atoms with Gasteiger partial charge in [-0.2, -0.15) is 0 Å². The van der Waals surface area contributed by atoms with Crippen LogP contribution in [0.3, 0.4) is 0 Å². The molecule has 3 atom stereocenters. The highest BCUT2D eigenvalue weighted by Crippen LogP contribution is 2.28. The van der Waals surface area contributed by atoms with E-state index in [2.05, 4.69) is 5.32 Å². The van der Waals surface area contributed by atoms with Crippen LogP contribution in [0.4, 0.5) is 0 Å². The van der Waals surface area contributed by atoms with Crippen LogP contribution in [-0.4, -0.2) is 37.0 Å². The lowest BCUT2D eigenvalue weighted by atomic mass is 9.92. The number of hydrogen-bond acceptors (Lipinski definition) is 3. The van der Waals surface area contributed by atoms with Gasteiger partial charge in [-0.15, -0.1) is 0 Å². The van der Waals surface area contributed by atoms with E-state index in [9.17, 15) is 4.79 Å². The van der Waals surface area contributed by atoms with Crippen molar-refractivity contribution in [3.8, 4) is 0 Å². The molecule has 4 heteroatoms. The van der Waals surface area contributed by atoms with E-state index in [0.29, 0.717) is 0 Å². The second-order valence-electron chi connectivity index (χ2n) is 6.47. The van der Waals surface area contributed by atoms with Gasteiger partial charge in [0.2, 0.25) is 5.91 Å². The molecule has 1 amide bonds. The summed E-state index contributed by atoms with van der Waals surface area (Å²) in [6.07, 6.45) is 2.20. The normalized spacial score (nSPS) is 27.0. The van der Waals surface area contributed by atoms with Crippen LogP contribution >= 0.6 is 0 Å². The number of nitrogens with zero attached hydrogens (tertiary/aromatic N) is 1. The van der Waals surface area contributed by atoms with Gasteiger partial charge in [0.1, 0.15) is 6.04 Å². The van der Waals surface area contributed by atoms with E-state index in [1.807, 2.05) is 36.1 Å². The van der Waals surface area contributed by atoms with Gasteiger partial charge in [0.15, 0.2) is 0 Å². The van der Waals surface area contributed by atoms with Crippen molar-refractivity contribution in [2.75, 3.05) is 26.2 Å². The molecule has 3 N–H and O–H groups in total. The Balaban J connectivity index is 1.65. The monoisotopic (exact) mass is 287 g/mol. The van der Waals surface area contributed by atoms with Crippen LogP contribution in [0.2, 0.25) is 0 Å². The molecule has 2 fully saturated rings. The van der Waals surface area contributed by atoms with Crippen LogP contribution in [-0.2, 0) is 4.79 Å². The van der Waals surface area contributed by atoms with Gasteiger partial charge in [0.05, 0.1) is 0 Å². The Morgan fingerprint density at radius 1 is 1.19 bits per heavy atom. The SMILES string of the molecule is Cc1ccc(C(N)C(=O)N2CC[C@@H]3CNC[C@@H]3CC2)cc1. The van der Waals surface area contributed by atoms with Gasteiger partial charge < -0.3 is 16.0 Å². The summed E-state index contributed by atoms with van der Waals surface area (Å²) in [6.45, 7) is 5.95. The maximum Gasteiger partial charge on any atom is 0.244 e. The van der Waals surface area contributed by atoms with Crippen molar-refractivity contribution in [1.82, 2.24) is 10.2 Å². The van der Waals surface area contributed by atoms with Crippen molar-refractivity contribution in [2.24, 2.45) is 17.6 Å². The molecule has 0 saturated carbocycles. The van der Waals surface area contributed by atoms with Gasteiger partial charge >= 0.3 is 0 Å². The standard InChI is InChI=1S/C17H25N3O/c1-12-2-4-13(5-3-12)16(18)17(21)20-8-6-14-10-19-11-15(14)7-9-20/h2-5,14-16,19H,6-11,18H2,1H3/t14-,15+,16?. The summed E-state index contributed by atoms with van der Waals surface area (Å²) < 4.78 is 0. The molecule has 1 aromatic rings. The zero-order valence-electron chi connectivity index (χ0n) is 12.7. The Bertz CT molecular complexity index is 485. The van der Waals surface area contributed by atoms with Gasteiger partial charge in [-0.25, -0.2) is 0 Å². The average molecular weight is 287 g/mol. The lowest BCUT2D eigenvalue weighted by Gasteiger charge is -2.24. The van der Waals surface area contributed by atoms with Crippen LogP contribution in [0.5, 0.6) is 0 Å². The second-order valence-corrected chi connectivity index (χ2v) is 6.47. The fourth-order valence-corrected chi connectivity index (χ4v) is 3.55. The van der Waals surface area contributed by atoms with E-state index >= 15 is 0 Å². The van der Waals surface area contributed by atoms with Crippen LogP contribution in [0.15, 0.2) is 24.3 Å². The number of fused-ring (bicyclic) bond motifs is 1. The Morgan fingerprint density at radius 2 is 1.76 bits per heavy atom. The van der Waals surface area contributed by atoms with Crippen molar-refractivity contribution in [3.63, 3.8) is 0 Å². The maximum atomic E-state index is 12.6. The average Bonchev–Trinajstić information content (AvgIpc) is 2.85. The Kier molecular flexibility index (Phi) is 4.27. The number of nitrogens with two attached hydrogens (primary N) is 1. The second kappa shape index (κ2) is 6.16. The van der Waals surface area contributed by atoms with E-state index in [4.69, 9.17) is 5.73 Å². The van der Waals surface area contributed by atoms with Crippen molar-refractivity contribution in [2.45, 2.75) is 25.8 Å². The topological polar surface area (TPSA) is 58.4 Å². The van der Waals surface area contributed by atoms with Crippen LogP contribution in [0, 0.1) is 18.8 Å². The molecule has 0 radical (unpaired) electrons. The highest BCUT2D eigenvalue weighted by atomic mass is 16.2. The molecule has 0 spiro atoms. The summed E-state index contributed by atoms with van der Waals surface area (Å²) >= 11 is 0. The van der Waals surface area contributed by atoms with E-state index in [1.54, 1.807) is 0 Å². The molecule has 2 saturated heterocycles. The van der Waals surface area contributed by atoms with Gasteiger partial charge in [0.25, 0.3) is 0 Å². The first kappa shape index (κ1) is 14.5. The first-order valence-electron chi connectivity index (χ1n) is 7.97. The van der Waals surface area contributed by atoms with Gasteiger partial charge in [-0.1, -0.05) is 29.8 Å². The van der Waals surface area contributed by atoms with Gasteiger partial charge in [-0.05, 0) is 50.3 Å². The molecule has 114 valence electrons. The molecule has 3 rings (SSSR count). The van der Waals surface area contributed by atoms with Crippen molar-refractivity contribution in [3.05, 3.63) is 35.4 Å². The molecule has 2 aliphatic heterocycles. The summed E-state index contributed by atoms with van der Waals surface area (Å²) in [5.74, 6) is 1.54. The van der Waals surface area contributed by atoms with Crippen molar-refractivity contribution in [1.29, 1.82) is 0 Å². The number of likely N-dealkylation sites (tertiary alicyclic amines) is 1. The van der Waals surface area contributed by atoms with E-state index < -0.39 is 6.04 Å². The zero-order chi connectivity index (χ0) is 14.8. The smallest absolute Gasteiger partial charge is 0.244 e. The third kappa shape index (κ3) is 3.11. The molecule has 2 aliphatic rings. The Morgan fingerprint density at radius 3 is 2.33 bits per heavy atom. The third-order valence-electron chi connectivity index (χ3n) is 5.03.